The van der Waals surface area contributed by atoms with Crippen molar-refractivity contribution in [1.29, 1.82) is 0 Å². The molecule has 0 radical (unpaired) electrons. The quantitative estimate of drug-likeness (QED) is 0.746. The third-order valence-corrected chi connectivity index (χ3v) is 6.83. The van der Waals surface area contributed by atoms with Gasteiger partial charge in [0.25, 0.3) is 0 Å². The Balaban J connectivity index is 1.54. The average molecular weight is 340 g/mol. The van der Waals surface area contributed by atoms with Crippen LogP contribution in [0, 0.1) is 17.8 Å². The van der Waals surface area contributed by atoms with Crippen molar-refractivity contribution in [3.8, 4) is 0 Å². The molecule has 1 saturated carbocycles. The number of fused-ring (bicyclic) bond motifs is 6. The second-order valence-electron chi connectivity index (χ2n) is 7.99. The number of nitrogens with zero attached hydrogens (tertiary/aromatic N) is 1. The van der Waals surface area contributed by atoms with Gasteiger partial charge in [0.05, 0.1) is 18.1 Å². The molecule has 0 amide bonds. The molecule has 132 valence electrons. The molecule has 0 spiro atoms. The Labute approximate surface area is 146 Å². The van der Waals surface area contributed by atoms with Gasteiger partial charge >= 0.3 is 5.97 Å². The number of piperidine rings is 1. The summed E-state index contributed by atoms with van der Waals surface area (Å²) < 4.78 is 0. The standard InChI is InChI=1S/C20H24N2O3/c23-17-6-5-11-10-22-8-7-13-12-3-1-2-4-15(12)21-19(13)16(22)9-14(11)18(17)20(24)25/h1-4,11,14,16-18,21,23H,5-10H2,(H,24,25)/t11-,14+,16+,17+,18+/m1/s1. The molecule has 1 aliphatic carbocycles. The highest BCUT2D eigenvalue weighted by atomic mass is 16.4. The van der Waals surface area contributed by atoms with Crippen LogP contribution in [-0.2, 0) is 11.2 Å². The lowest BCUT2D eigenvalue weighted by molar-refractivity contribution is -0.156. The van der Waals surface area contributed by atoms with Crippen molar-refractivity contribution in [2.75, 3.05) is 13.1 Å². The summed E-state index contributed by atoms with van der Waals surface area (Å²) in [5, 5.41) is 21.3. The van der Waals surface area contributed by atoms with Crippen molar-refractivity contribution < 1.29 is 15.0 Å². The van der Waals surface area contributed by atoms with Gasteiger partial charge in [-0.15, -0.1) is 0 Å². The molecule has 3 heterocycles. The maximum absolute atomic E-state index is 11.8. The zero-order valence-electron chi connectivity index (χ0n) is 14.2. The number of aliphatic hydroxyl groups excluding tert-OH is 1. The summed E-state index contributed by atoms with van der Waals surface area (Å²) in [6.07, 6.45) is 2.75. The predicted molar refractivity (Wildman–Crippen MR) is 94.3 cm³/mol. The van der Waals surface area contributed by atoms with Gasteiger partial charge in [0, 0.05) is 29.7 Å². The van der Waals surface area contributed by atoms with E-state index in [1.807, 2.05) is 0 Å². The van der Waals surface area contributed by atoms with Crippen molar-refractivity contribution in [1.82, 2.24) is 9.88 Å². The Kier molecular flexibility index (Phi) is 3.44. The number of para-hydroxylation sites is 1. The second-order valence-corrected chi connectivity index (χ2v) is 7.99. The number of aromatic nitrogens is 1. The summed E-state index contributed by atoms with van der Waals surface area (Å²) in [4.78, 5) is 17.9. The molecule has 0 bridgehead atoms. The highest BCUT2D eigenvalue weighted by Gasteiger charge is 2.49. The molecule has 2 aliphatic heterocycles. The molecule has 5 nitrogen and oxygen atoms in total. The Morgan fingerprint density at radius 1 is 1.24 bits per heavy atom. The molecule has 3 N–H and O–H groups in total. The zero-order valence-corrected chi connectivity index (χ0v) is 14.2. The van der Waals surface area contributed by atoms with Crippen LogP contribution in [0.25, 0.3) is 10.9 Å². The molecule has 5 rings (SSSR count). The predicted octanol–water partition coefficient (Wildman–Crippen LogP) is 2.56. The van der Waals surface area contributed by atoms with Gasteiger partial charge in [-0.25, -0.2) is 0 Å². The molecule has 1 saturated heterocycles. The largest absolute Gasteiger partial charge is 0.481 e. The van der Waals surface area contributed by atoms with Crippen molar-refractivity contribution in [3.05, 3.63) is 35.5 Å². The number of nitrogens with one attached hydrogen (secondary N) is 1. The third-order valence-electron chi connectivity index (χ3n) is 6.83. The highest BCUT2D eigenvalue weighted by molar-refractivity contribution is 5.85. The van der Waals surface area contributed by atoms with E-state index in [1.165, 1.54) is 22.2 Å². The molecule has 0 unspecified atom stereocenters. The van der Waals surface area contributed by atoms with Crippen molar-refractivity contribution in [3.63, 3.8) is 0 Å². The Morgan fingerprint density at radius 2 is 2.08 bits per heavy atom. The first-order valence-electron chi connectivity index (χ1n) is 9.38. The molecule has 25 heavy (non-hydrogen) atoms. The smallest absolute Gasteiger partial charge is 0.309 e. The number of carboxylic acid groups (broad SMARTS) is 1. The maximum Gasteiger partial charge on any atom is 0.309 e. The number of hydrogen-bond donors (Lipinski definition) is 3. The fraction of sp³-hybridized carbons (Fsp3) is 0.550. The van der Waals surface area contributed by atoms with Crippen LogP contribution in [0.5, 0.6) is 0 Å². The van der Waals surface area contributed by atoms with Gasteiger partial charge in [-0.2, -0.15) is 0 Å². The number of carboxylic acids is 1. The molecule has 2 aromatic rings. The van der Waals surface area contributed by atoms with E-state index >= 15 is 0 Å². The lowest BCUT2D eigenvalue weighted by Gasteiger charge is -2.50. The van der Waals surface area contributed by atoms with Crippen LogP contribution in [0.1, 0.15) is 36.6 Å². The van der Waals surface area contributed by atoms with Gasteiger partial charge in [-0.05, 0) is 49.1 Å². The SMILES string of the molecule is O=C(O)[C@H]1[C@H]2C[C@H]3c4[nH]c5ccccc5c4CCN3C[C@H]2CC[C@@H]1O. The summed E-state index contributed by atoms with van der Waals surface area (Å²) in [5.74, 6) is -0.981. The van der Waals surface area contributed by atoms with E-state index in [9.17, 15) is 15.0 Å². The number of rotatable bonds is 1. The van der Waals surface area contributed by atoms with Gasteiger partial charge in [0.15, 0.2) is 0 Å². The number of benzene rings is 1. The number of aromatic amines is 1. The number of aliphatic carboxylic acids is 1. The topological polar surface area (TPSA) is 76.6 Å². The minimum atomic E-state index is -0.830. The van der Waals surface area contributed by atoms with Crippen LogP contribution in [0.3, 0.4) is 0 Å². The summed E-state index contributed by atoms with van der Waals surface area (Å²) in [5.41, 5.74) is 3.85. The van der Waals surface area contributed by atoms with Gasteiger partial charge < -0.3 is 15.2 Å². The van der Waals surface area contributed by atoms with E-state index in [1.54, 1.807) is 0 Å². The second kappa shape index (κ2) is 5.58. The van der Waals surface area contributed by atoms with Crippen LogP contribution in [0.4, 0.5) is 0 Å². The summed E-state index contributed by atoms with van der Waals surface area (Å²) in [7, 11) is 0. The molecule has 2 fully saturated rings. The van der Waals surface area contributed by atoms with Crippen LogP contribution >= 0.6 is 0 Å². The lowest BCUT2D eigenvalue weighted by atomic mass is 9.65. The van der Waals surface area contributed by atoms with Gasteiger partial charge in [0.1, 0.15) is 0 Å². The van der Waals surface area contributed by atoms with E-state index in [-0.39, 0.29) is 12.0 Å². The van der Waals surface area contributed by atoms with Crippen molar-refractivity contribution in [2.24, 2.45) is 17.8 Å². The summed E-state index contributed by atoms with van der Waals surface area (Å²) in [6.45, 7) is 2.00. The third kappa shape index (κ3) is 2.26. The fourth-order valence-electron chi connectivity index (χ4n) is 5.68. The maximum atomic E-state index is 11.8. The van der Waals surface area contributed by atoms with E-state index < -0.39 is 18.0 Å². The van der Waals surface area contributed by atoms with Gasteiger partial charge in [0.2, 0.25) is 0 Å². The summed E-state index contributed by atoms with van der Waals surface area (Å²) >= 11 is 0. The number of hydrogen-bond acceptors (Lipinski definition) is 3. The first kappa shape index (κ1) is 15.4. The number of aliphatic hydroxyl groups is 1. The molecular formula is C20H24N2O3. The van der Waals surface area contributed by atoms with E-state index in [0.29, 0.717) is 12.3 Å². The molecular weight excluding hydrogens is 316 g/mol. The molecule has 1 aromatic carbocycles. The molecule has 5 heteroatoms. The highest BCUT2D eigenvalue weighted by Crippen LogP contribution is 2.49. The first-order chi connectivity index (χ1) is 12.1. The van der Waals surface area contributed by atoms with E-state index in [2.05, 4.69) is 34.1 Å². The van der Waals surface area contributed by atoms with Crippen molar-refractivity contribution >= 4 is 16.9 Å². The average Bonchev–Trinajstić information content (AvgIpc) is 2.99. The number of carbonyl (C=O) groups is 1. The fourth-order valence-corrected chi connectivity index (χ4v) is 5.68. The minimum Gasteiger partial charge on any atom is -0.481 e. The van der Waals surface area contributed by atoms with Crippen molar-refractivity contribution in [2.45, 2.75) is 37.8 Å². The number of H-pyrrole nitrogens is 1. The van der Waals surface area contributed by atoms with E-state index in [0.717, 1.165) is 32.4 Å². The minimum absolute atomic E-state index is 0.0693. The Hall–Kier alpha value is -1.85. The monoisotopic (exact) mass is 340 g/mol. The molecule has 5 atom stereocenters. The van der Waals surface area contributed by atoms with Crippen LogP contribution in [-0.4, -0.2) is 45.3 Å². The van der Waals surface area contributed by atoms with Crippen LogP contribution < -0.4 is 0 Å². The zero-order chi connectivity index (χ0) is 17.1. The lowest BCUT2D eigenvalue weighted by Crippen LogP contribution is -2.53. The first-order valence-corrected chi connectivity index (χ1v) is 9.38. The summed E-state index contributed by atoms with van der Waals surface area (Å²) in [6, 6.07) is 8.68. The van der Waals surface area contributed by atoms with Crippen LogP contribution in [0.2, 0.25) is 0 Å². The van der Waals surface area contributed by atoms with Gasteiger partial charge in [-0.1, -0.05) is 18.2 Å². The molecule has 3 aliphatic rings. The molecule has 1 aromatic heterocycles. The van der Waals surface area contributed by atoms with E-state index in [4.69, 9.17) is 0 Å². The Bertz CT molecular complexity index is 829. The van der Waals surface area contributed by atoms with Gasteiger partial charge in [-0.3, -0.25) is 9.69 Å². The Morgan fingerprint density at radius 3 is 2.92 bits per heavy atom. The van der Waals surface area contributed by atoms with Crippen LogP contribution in [0.15, 0.2) is 24.3 Å². The normalized spacial score (nSPS) is 35.0.